The van der Waals surface area contributed by atoms with Gasteiger partial charge in [0.2, 0.25) is 0 Å². The third-order valence-corrected chi connectivity index (χ3v) is 3.31. The fraction of sp³-hybridized carbons (Fsp3) is 0.909. The van der Waals surface area contributed by atoms with Crippen LogP contribution in [-0.2, 0) is 0 Å². The minimum atomic E-state index is 0.946. The van der Waals surface area contributed by atoms with Gasteiger partial charge in [0, 0.05) is 13.1 Å². The van der Waals surface area contributed by atoms with E-state index < -0.39 is 0 Å². The summed E-state index contributed by atoms with van der Waals surface area (Å²) in [4.78, 5) is 4.53. The molecule has 0 N–H and O–H groups in total. The van der Waals surface area contributed by atoms with Gasteiger partial charge in [0.05, 0.1) is 5.49 Å². The molecular weight excluding hydrogens is 192 g/mol. The second-order valence-corrected chi connectivity index (χ2v) is 4.74. The van der Waals surface area contributed by atoms with Crippen LogP contribution in [0.4, 0.5) is 0 Å². The summed E-state index contributed by atoms with van der Waals surface area (Å²) in [6.07, 6.45) is 5.40. The van der Waals surface area contributed by atoms with E-state index in [2.05, 4.69) is 23.9 Å². The van der Waals surface area contributed by atoms with Gasteiger partial charge < -0.3 is 9.80 Å². The Hall–Kier alpha value is -0.150. The van der Waals surface area contributed by atoms with Crippen LogP contribution in [-0.4, -0.2) is 49.0 Å². The number of hydrogen-bond donors (Lipinski definition) is 0. The quantitative estimate of drug-likeness (QED) is 0.646. The topological polar surface area (TPSA) is 6.48 Å². The third kappa shape index (κ3) is 4.38. The van der Waals surface area contributed by atoms with Gasteiger partial charge in [0.15, 0.2) is 0 Å². The molecular formula is C11H22N2S. The molecule has 0 amide bonds. The van der Waals surface area contributed by atoms with Crippen LogP contribution in [0.2, 0.25) is 0 Å². The van der Waals surface area contributed by atoms with Gasteiger partial charge in [-0.25, -0.2) is 0 Å². The second kappa shape index (κ2) is 6.36. The van der Waals surface area contributed by atoms with Crippen LogP contribution in [0, 0.1) is 5.92 Å². The van der Waals surface area contributed by atoms with Gasteiger partial charge in [0.25, 0.3) is 0 Å². The number of rotatable bonds is 5. The Kier molecular flexibility index (Phi) is 5.41. The summed E-state index contributed by atoms with van der Waals surface area (Å²) in [7, 11) is 4.30. The molecule has 0 radical (unpaired) electrons. The zero-order valence-electron chi connectivity index (χ0n) is 9.41. The van der Waals surface area contributed by atoms with Crippen molar-refractivity contribution >= 4 is 17.7 Å². The van der Waals surface area contributed by atoms with Crippen LogP contribution in [0.15, 0.2) is 0 Å². The summed E-state index contributed by atoms with van der Waals surface area (Å²) < 4.78 is 0. The van der Waals surface area contributed by atoms with Crippen LogP contribution < -0.4 is 0 Å². The van der Waals surface area contributed by atoms with Crippen molar-refractivity contribution in [3.05, 3.63) is 0 Å². The molecule has 0 saturated carbocycles. The van der Waals surface area contributed by atoms with Crippen LogP contribution in [0.25, 0.3) is 0 Å². The van der Waals surface area contributed by atoms with Crippen LogP contribution in [0.5, 0.6) is 0 Å². The van der Waals surface area contributed by atoms with Crippen molar-refractivity contribution in [2.75, 3.05) is 33.7 Å². The van der Waals surface area contributed by atoms with Crippen LogP contribution in [0.1, 0.15) is 25.7 Å². The maximum Gasteiger partial charge on any atom is 0.0640 e. The average Bonchev–Trinajstić information content (AvgIpc) is 2.18. The van der Waals surface area contributed by atoms with E-state index >= 15 is 0 Å². The van der Waals surface area contributed by atoms with Crippen molar-refractivity contribution in [3.8, 4) is 0 Å². The molecule has 1 saturated heterocycles. The van der Waals surface area contributed by atoms with E-state index in [0.29, 0.717) is 0 Å². The second-order valence-electron chi connectivity index (χ2n) is 4.53. The van der Waals surface area contributed by atoms with Gasteiger partial charge in [-0.2, -0.15) is 0 Å². The number of piperidine rings is 1. The zero-order chi connectivity index (χ0) is 10.4. The van der Waals surface area contributed by atoms with E-state index in [4.69, 9.17) is 12.2 Å². The maximum atomic E-state index is 4.93. The lowest BCUT2D eigenvalue weighted by atomic mass is 9.92. The molecule has 0 aromatic rings. The number of thiocarbonyl (C=S) groups is 1. The van der Waals surface area contributed by atoms with E-state index in [1.807, 2.05) is 5.49 Å². The Balaban J connectivity index is 2.07. The van der Waals surface area contributed by atoms with E-state index in [-0.39, 0.29) is 0 Å². The van der Waals surface area contributed by atoms with Crippen molar-refractivity contribution < 1.29 is 0 Å². The van der Waals surface area contributed by atoms with Gasteiger partial charge in [-0.1, -0.05) is 12.2 Å². The molecule has 1 heterocycles. The third-order valence-electron chi connectivity index (χ3n) is 3.02. The first-order valence-electron chi connectivity index (χ1n) is 5.56. The van der Waals surface area contributed by atoms with Crippen molar-refractivity contribution in [2.45, 2.75) is 25.7 Å². The van der Waals surface area contributed by atoms with Gasteiger partial charge in [-0.05, 0) is 52.2 Å². The van der Waals surface area contributed by atoms with E-state index in [9.17, 15) is 0 Å². The minimum Gasteiger partial charge on any atom is -0.369 e. The lowest BCUT2D eigenvalue weighted by Gasteiger charge is -2.30. The Morgan fingerprint density at radius 1 is 1.36 bits per heavy atom. The predicted octanol–water partition coefficient (Wildman–Crippen LogP) is 2.00. The van der Waals surface area contributed by atoms with Gasteiger partial charge in [-0.15, -0.1) is 0 Å². The highest BCUT2D eigenvalue weighted by atomic mass is 32.1. The highest BCUT2D eigenvalue weighted by Gasteiger charge is 2.16. The Bertz CT molecular complexity index is 163. The molecule has 2 nitrogen and oxygen atoms in total. The minimum absolute atomic E-state index is 0.946. The molecule has 0 bridgehead atoms. The van der Waals surface area contributed by atoms with E-state index in [1.54, 1.807) is 0 Å². The molecule has 0 aromatic carbocycles. The van der Waals surface area contributed by atoms with Gasteiger partial charge in [-0.3, -0.25) is 0 Å². The van der Waals surface area contributed by atoms with Crippen molar-refractivity contribution in [3.63, 3.8) is 0 Å². The van der Waals surface area contributed by atoms with Crippen molar-refractivity contribution in [1.29, 1.82) is 0 Å². The zero-order valence-corrected chi connectivity index (χ0v) is 10.2. The first-order valence-corrected chi connectivity index (χ1v) is 6.03. The predicted molar refractivity (Wildman–Crippen MR) is 65.7 cm³/mol. The van der Waals surface area contributed by atoms with Crippen molar-refractivity contribution in [2.24, 2.45) is 5.92 Å². The summed E-state index contributed by atoms with van der Waals surface area (Å²) in [5.41, 5.74) is 1.82. The first kappa shape index (κ1) is 11.9. The molecule has 82 valence electrons. The first-order chi connectivity index (χ1) is 6.72. The lowest BCUT2D eigenvalue weighted by Crippen LogP contribution is -2.32. The molecule has 0 aliphatic carbocycles. The summed E-state index contributed by atoms with van der Waals surface area (Å²) in [5, 5.41) is 0. The summed E-state index contributed by atoms with van der Waals surface area (Å²) in [6.45, 7) is 3.58. The Morgan fingerprint density at radius 3 is 2.50 bits per heavy atom. The lowest BCUT2D eigenvalue weighted by molar-refractivity contribution is 0.252. The molecule has 0 atom stereocenters. The summed E-state index contributed by atoms with van der Waals surface area (Å²) in [6, 6.07) is 0. The molecule has 1 rings (SSSR count). The van der Waals surface area contributed by atoms with Gasteiger partial charge in [0.1, 0.15) is 0 Å². The molecule has 1 aliphatic rings. The number of nitrogens with zero attached hydrogens (tertiary/aromatic N) is 2. The van der Waals surface area contributed by atoms with Crippen LogP contribution >= 0.6 is 12.2 Å². The molecule has 3 heteroatoms. The molecule has 1 fully saturated rings. The largest absolute Gasteiger partial charge is 0.369 e. The summed E-state index contributed by atoms with van der Waals surface area (Å²) >= 11 is 4.93. The maximum absolute atomic E-state index is 4.93. The number of likely N-dealkylation sites (tertiary alicyclic amines) is 1. The van der Waals surface area contributed by atoms with Gasteiger partial charge >= 0.3 is 0 Å². The fourth-order valence-corrected chi connectivity index (χ4v) is 2.25. The standard InChI is InChI=1S/C11H22N2S/c1-12(2)7-3-4-11-5-8-13(10-14)9-6-11/h10-11H,3-9H2,1-2H3. The smallest absolute Gasteiger partial charge is 0.0640 e. The molecule has 14 heavy (non-hydrogen) atoms. The van der Waals surface area contributed by atoms with E-state index in [0.717, 1.165) is 5.92 Å². The molecule has 0 unspecified atom stereocenters. The molecule has 0 spiro atoms. The highest BCUT2D eigenvalue weighted by Crippen LogP contribution is 2.20. The van der Waals surface area contributed by atoms with Crippen LogP contribution in [0.3, 0.4) is 0 Å². The highest BCUT2D eigenvalue weighted by molar-refractivity contribution is 7.78. The normalized spacial score (nSPS) is 18.9. The monoisotopic (exact) mass is 214 g/mol. The molecule has 1 aliphatic heterocycles. The van der Waals surface area contributed by atoms with Crippen molar-refractivity contribution in [1.82, 2.24) is 9.80 Å². The average molecular weight is 214 g/mol. The SMILES string of the molecule is CN(C)CCCC1CCN(C=S)CC1. The molecule has 0 aromatic heterocycles. The Labute approximate surface area is 93.3 Å². The number of hydrogen-bond acceptors (Lipinski definition) is 2. The van der Waals surface area contributed by atoms with E-state index in [1.165, 1.54) is 45.3 Å². The fourth-order valence-electron chi connectivity index (χ4n) is 2.04. The Morgan fingerprint density at radius 2 is 2.00 bits per heavy atom. The summed E-state index contributed by atoms with van der Waals surface area (Å²) in [5.74, 6) is 0.946.